The molecule has 0 aliphatic carbocycles. The molecule has 0 heterocycles. The minimum atomic E-state index is -4.44. The van der Waals surface area contributed by atoms with E-state index in [4.69, 9.17) is 0 Å². The minimum Gasteiger partial charge on any atom is -0.159 e. The van der Waals surface area contributed by atoms with E-state index in [0.29, 0.717) is 0 Å². The van der Waals surface area contributed by atoms with Crippen LogP contribution in [-0.2, 0) is 0 Å². The predicted octanol–water partition coefficient (Wildman–Crippen LogP) is 2.60. The van der Waals surface area contributed by atoms with E-state index < -0.39 is 6.18 Å². The summed E-state index contributed by atoms with van der Waals surface area (Å²) in [7, 11) is 0. The zero-order valence-corrected chi connectivity index (χ0v) is 7.13. The molecule has 66 valence electrons. The van der Waals surface area contributed by atoms with E-state index in [-0.39, 0.29) is 5.41 Å². The number of hydrogen-bond acceptors (Lipinski definition) is 0. The molecule has 0 aliphatic rings. The van der Waals surface area contributed by atoms with Gasteiger partial charge in [-0.05, 0) is 32.6 Å². The highest BCUT2D eigenvalue weighted by Crippen LogP contribution is 2.12. The van der Waals surface area contributed by atoms with Gasteiger partial charge in [0, 0.05) is 11.3 Å². The zero-order chi connectivity index (χ0) is 9.83. The fraction of sp³-hybridized carbons (Fsp3) is 0.556. The molecule has 0 aromatic heterocycles. The zero-order valence-electron chi connectivity index (χ0n) is 7.13. The lowest BCUT2D eigenvalue weighted by molar-refractivity contribution is -0.0696. The first kappa shape index (κ1) is 10.9. The maximum Gasteiger partial charge on any atom is 0.458 e. The van der Waals surface area contributed by atoms with E-state index in [1.165, 1.54) is 0 Å². The average Bonchev–Trinajstić information content (AvgIpc) is 1.76. The molecule has 0 N–H and O–H groups in total. The lowest BCUT2D eigenvalue weighted by atomic mass is 9.98. The first-order chi connectivity index (χ1) is 5.21. The number of halogens is 3. The fourth-order valence-corrected chi connectivity index (χ4v) is 0.321. The fourth-order valence-electron chi connectivity index (χ4n) is 0.321. The first-order valence-corrected chi connectivity index (χ1v) is 3.32. The Hall–Kier alpha value is -1.09. The second-order valence-electron chi connectivity index (χ2n) is 3.25. The molecule has 0 amide bonds. The van der Waals surface area contributed by atoms with E-state index in [1.807, 2.05) is 0 Å². The molecule has 0 aromatic carbocycles. The molecule has 12 heavy (non-hydrogen) atoms. The van der Waals surface area contributed by atoms with Gasteiger partial charge in [0.25, 0.3) is 0 Å². The lowest BCUT2D eigenvalue weighted by Crippen LogP contribution is -2.01. The molecular weight excluding hydrogens is 165 g/mol. The summed E-state index contributed by atoms with van der Waals surface area (Å²) in [6.07, 6.45) is -4.44. The second-order valence-corrected chi connectivity index (χ2v) is 3.25. The van der Waals surface area contributed by atoms with Gasteiger partial charge in [0.15, 0.2) is 0 Å². The molecule has 0 spiro atoms. The Bertz CT molecular complexity index is 227. The molecule has 3 heteroatoms. The van der Waals surface area contributed by atoms with Crippen LogP contribution in [0.3, 0.4) is 0 Å². The molecule has 0 saturated carbocycles. The van der Waals surface area contributed by atoms with Gasteiger partial charge in [-0.1, -0.05) is 5.92 Å². The van der Waals surface area contributed by atoms with Crippen molar-refractivity contribution in [1.29, 1.82) is 0 Å². The van der Waals surface area contributed by atoms with Gasteiger partial charge in [0.2, 0.25) is 0 Å². The molecule has 0 fully saturated rings. The summed E-state index contributed by atoms with van der Waals surface area (Å²) in [5, 5.41) is 0. The average molecular weight is 174 g/mol. The number of rotatable bonds is 0. The predicted molar refractivity (Wildman–Crippen MR) is 41.1 cm³/mol. The van der Waals surface area contributed by atoms with Crippen molar-refractivity contribution in [3.05, 3.63) is 0 Å². The van der Waals surface area contributed by atoms with Gasteiger partial charge >= 0.3 is 6.18 Å². The molecule has 0 radical (unpaired) electrons. The molecule has 0 saturated heterocycles. The van der Waals surface area contributed by atoms with Crippen molar-refractivity contribution in [3.8, 4) is 23.7 Å². The summed E-state index contributed by atoms with van der Waals surface area (Å²) < 4.78 is 34.3. The summed E-state index contributed by atoms with van der Waals surface area (Å²) in [6, 6.07) is 0. The third kappa shape index (κ3) is 8.91. The van der Waals surface area contributed by atoms with Gasteiger partial charge in [-0.3, -0.25) is 0 Å². The highest BCUT2D eigenvalue weighted by Gasteiger charge is 2.22. The molecule has 0 aliphatic heterocycles. The van der Waals surface area contributed by atoms with Gasteiger partial charge in [-0.2, -0.15) is 13.2 Å². The lowest BCUT2D eigenvalue weighted by Gasteiger charge is -2.05. The van der Waals surface area contributed by atoms with Crippen molar-refractivity contribution in [2.75, 3.05) is 0 Å². The molecule has 0 rings (SSSR count). The van der Waals surface area contributed by atoms with Crippen molar-refractivity contribution in [2.45, 2.75) is 26.9 Å². The van der Waals surface area contributed by atoms with Crippen molar-refractivity contribution in [1.82, 2.24) is 0 Å². The van der Waals surface area contributed by atoms with Gasteiger partial charge in [0.05, 0.1) is 0 Å². The smallest absolute Gasteiger partial charge is 0.159 e. The highest BCUT2D eigenvalue weighted by atomic mass is 19.4. The van der Waals surface area contributed by atoms with E-state index in [2.05, 4.69) is 11.8 Å². The minimum absolute atomic E-state index is 0.305. The van der Waals surface area contributed by atoms with Crippen LogP contribution in [0.25, 0.3) is 0 Å². The summed E-state index contributed by atoms with van der Waals surface area (Å²) in [6.45, 7) is 5.40. The van der Waals surface area contributed by atoms with Crippen molar-refractivity contribution in [3.63, 3.8) is 0 Å². The quantitative estimate of drug-likeness (QED) is 0.495. The van der Waals surface area contributed by atoms with E-state index in [9.17, 15) is 13.2 Å². The van der Waals surface area contributed by atoms with Crippen molar-refractivity contribution >= 4 is 0 Å². The van der Waals surface area contributed by atoms with Crippen LogP contribution in [0.1, 0.15) is 20.8 Å². The van der Waals surface area contributed by atoms with Crippen LogP contribution in [0.2, 0.25) is 0 Å². The summed E-state index contributed by atoms with van der Waals surface area (Å²) in [5.41, 5.74) is -0.305. The Kier molecular flexibility index (Phi) is 3.22. The van der Waals surface area contributed by atoms with Crippen molar-refractivity contribution in [2.24, 2.45) is 5.41 Å². The van der Waals surface area contributed by atoms with Gasteiger partial charge in [-0.25, -0.2) is 0 Å². The van der Waals surface area contributed by atoms with E-state index >= 15 is 0 Å². The third-order valence-corrected chi connectivity index (χ3v) is 0.704. The van der Waals surface area contributed by atoms with E-state index in [1.54, 1.807) is 26.7 Å². The van der Waals surface area contributed by atoms with Gasteiger partial charge < -0.3 is 0 Å². The van der Waals surface area contributed by atoms with Crippen molar-refractivity contribution < 1.29 is 13.2 Å². The summed E-state index contributed by atoms with van der Waals surface area (Å²) in [5.74, 6) is 7.54. The van der Waals surface area contributed by atoms with Crippen LogP contribution in [0, 0.1) is 29.1 Å². The maximum atomic E-state index is 11.4. The highest BCUT2D eigenvalue weighted by molar-refractivity contribution is 5.29. The molecule has 0 aromatic rings. The number of alkyl halides is 3. The van der Waals surface area contributed by atoms with Gasteiger partial charge in [-0.15, -0.1) is 0 Å². The maximum absolute atomic E-state index is 11.4. The monoisotopic (exact) mass is 174 g/mol. The third-order valence-electron chi connectivity index (χ3n) is 0.704. The largest absolute Gasteiger partial charge is 0.458 e. The van der Waals surface area contributed by atoms with Crippen LogP contribution in [0.4, 0.5) is 13.2 Å². The Morgan fingerprint density at radius 2 is 1.25 bits per heavy atom. The normalized spacial score (nSPS) is 10.8. The Balaban J connectivity index is 4.27. The Morgan fingerprint density at radius 1 is 0.833 bits per heavy atom. The van der Waals surface area contributed by atoms with Crippen LogP contribution < -0.4 is 0 Å². The van der Waals surface area contributed by atoms with Crippen LogP contribution in [-0.4, -0.2) is 6.18 Å². The molecule has 0 bridgehead atoms. The van der Waals surface area contributed by atoms with Crippen LogP contribution >= 0.6 is 0 Å². The Morgan fingerprint density at radius 3 is 1.58 bits per heavy atom. The van der Waals surface area contributed by atoms with Crippen LogP contribution in [0.5, 0.6) is 0 Å². The first-order valence-electron chi connectivity index (χ1n) is 3.32. The topological polar surface area (TPSA) is 0 Å². The molecular formula is C9H9F3. The van der Waals surface area contributed by atoms with Gasteiger partial charge in [0.1, 0.15) is 0 Å². The second kappa shape index (κ2) is 3.54. The summed E-state index contributed by atoms with van der Waals surface area (Å²) >= 11 is 0. The SMILES string of the molecule is CC(C)(C)C#CC#CC(F)(F)F. The van der Waals surface area contributed by atoms with Crippen LogP contribution in [0.15, 0.2) is 0 Å². The molecule has 0 nitrogen and oxygen atoms in total. The summed E-state index contributed by atoms with van der Waals surface area (Å²) in [4.78, 5) is 0. The van der Waals surface area contributed by atoms with E-state index in [0.717, 1.165) is 5.92 Å². The molecule has 0 atom stereocenters. The number of hydrogen-bond donors (Lipinski definition) is 0. The molecule has 0 unspecified atom stereocenters. The Labute approximate surface area is 70.2 Å². The standard InChI is InChI=1S/C9H9F3/c1-8(2,3)6-4-5-7-9(10,11)12/h1-3H3.